The van der Waals surface area contributed by atoms with E-state index < -0.39 is 9.84 Å². The van der Waals surface area contributed by atoms with Crippen LogP contribution in [0, 0.1) is 0 Å². The molecule has 0 aromatic heterocycles. The van der Waals surface area contributed by atoms with Gasteiger partial charge in [0.1, 0.15) is 0 Å². The largest absolute Gasteiger partial charge is 0.342 e. The van der Waals surface area contributed by atoms with Crippen LogP contribution in [0.25, 0.3) is 0 Å². The first-order chi connectivity index (χ1) is 10.3. The van der Waals surface area contributed by atoms with Crippen LogP contribution in [0.4, 0.5) is 0 Å². The smallest absolute Gasteiger partial charge is 0.222 e. The Morgan fingerprint density at radius 3 is 2.64 bits per heavy atom. The van der Waals surface area contributed by atoms with Crippen LogP contribution in [0.1, 0.15) is 24.8 Å². The van der Waals surface area contributed by atoms with Crippen molar-refractivity contribution >= 4 is 38.9 Å². The molecule has 0 saturated carbocycles. The molecular formula is C15H19Cl2NO3S. The topological polar surface area (TPSA) is 54.5 Å². The van der Waals surface area contributed by atoms with Crippen LogP contribution in [-0.4, -0.2) is 43.8 Å². The average molecular weight is 364 g/mol. The minimum Gasteiger partial charge on any atom is -0.342 e. The highest BCUT2D eigenvalue weighted by Crippen LogP contribution is 2.23. The van der Waals surface area contributed by atoms with Crippen LogP contribution in [-0.2, 0) is 21.1 Å². The molecule has 2 rings (SSSR count). The zero-order valence-electron chi connectivity index (χ0n) is 12.4. The van der Waals surface area contributed by atoms with E-state index in [0.29, 0.717) is 29.3 Å². The van der Waals surface area contributed by atoms with Crippen molar-refractivity contribution in [2.45, 2.75) is 31.7 Å². The number of rotatable bonds is 5. The second-order valence-corrected chi connectivity index (χ2v) is 8.71. The number of carbonyl (C=O) groups is 1. The van der Waals surface area contributed by atoms with Crippen LogP contribution in [0.5, 0.6) is 0 Å². The van der Waals surface area contributed by atoms with Crippen molar-refractivity contribution in [3.63, 3.8) is 0 Å². The number of nitrogens with zero attached hydrogens (tertiary/aromatic N) is 1. The Labute approximate surface area is 141 Å². The third-order valence-corrected chi connectivity index (χ3v) is 6.48. The van der Waals surface area contributed by atoms with E-state index in [0.717, 1.165) is 12.0 Å². The molecule has 0 N–H and O–H groups in total. The lowest BCUT2D eigenvalue weighted by Gasteiger charge is -2.23. The maximum Gasteiger partial charge on any atom is 0.222 e. The highest BCUT2D eigenvalue weighted by atomic mass is 35.5. The molecule has 0 bridgehead atoms. The third kappa shape index (κ3) is 4.61. The van der Waals surface area contributed by atoms with Gasteiger partial charge < -0.3 is 4.90 Å². The Morgan fingerprint density at radius 1 is 1.32 bits per heavy atom. The summed E-state index contributed by atoms with van der Waals surface area (Å²) in [6, 6.07) is 5.27. The summed E-state index contributed by atoms with van der Waals surface area (Å²) in [4.78, 5) is 13.7. The van der Waals surface area contributed by atoms with Gasteiger partial charge in [-0.1, -0.05) is 29.3 Å². The summed E-state index contributed by atoms with van der Waals surface area (Å²) in [5.41, 5.74) is 1.04. The standard InChI is InChI=1S/C15H19Cl2NO3S/c1-18(12-7-8-22(20,21)10-12)15(19)4-2-3-11-5-6-13(16)14(17)9-11/h5-6,9,12H,2-4,7-8,10H2,1H3. The van der Waals surface area contributed by atoms with Crippen molar-refractivity contribution in [2.75, 3.05) is 18.6 Å². The molecule has 122 valence electrons. The maximum absolute atomic E-state index is 12.1. The van der Waals surface area contributed by atoms with E-state index in [9.17, 15) is 13.2 Å². The maximum atomic E-state index is 12.1. The molecule has 4 nitrogen and oxygen atoms in total. The first-order valence-corrected chi connectivity index (χ1v) is 9.76. The molecule has 0 radical (unpaired) electrons. The van der Waals surface area contributed by atoms with Crippen LogP contribution in [0.2, 0.25) is 10.0 Å². The van der Waals surface area contributed by atoms with E-state index in [1.165, 1.54) is 0 Å². The summed E-state index contributed by atoms with van der Waals surface area (Å²) < 4.78 is 22.9. The molecular weight excluding hydrogens is 345 g/mol. The SMILES string of the molecule is CN(C(=O)CCCc1ccc(Cl)c(Cl)c1)C1CCS(=O)(=O)C1. The zero-order chi connectivity index (χ0) is 16.3. The van der Waals surface area contributed by atoms with E-state index in [2.05, 4.69) is 0 Å². The van der Waals surface area contributed by atoms with Gasteiger partial charge in [0.15, 0.2) is 9.84 Å². The fraction of sp³-hybridized carbons (Fsp3) is 0.533. The monoisotopic (exact) mass is 363 g/mol. The van der Waals surface area contributed by atoms with Crippen molar-refractivity contribution in [1.29, 1.82) is 0 Å². The third-order valence-electron chi connectivity index (χ3n) is 3.99. The second kappa shape index (κ2) is 7.20. The summed E-state index contributed by atoms with van der Waals surface area (Å²) in [7, 11) is -1.28. The molecule has 1 aliphatic heterocycles. The molecule has 1 heterocycles. The van der Waals surface area contributed by atoms with E-state index in [4.69, 9.17) is 23.2 Å². The van der Waals surface area contributed by atoms with E-state index in [-0.39, 0.29) is 23.5 Å². The Morgan fingerprint density at radius 2 is 2.05 bits per heavy atom. The van der Waals surface area contributed by atoms with Gasteiger partial charge in [-0.15, -0.1) is 0 Å². The van der Waals surface area contributed by atoms with Crippen LogP contribution >= 0.6 is 23.2 Å². The minimum absolute atomic E-state index is 0.0119. The normalized spacial score (nSPS) is 20.0. The fourth-order valence-corrected chi connectivity index (χ4v) is 4.69. The number of carbonyl (C=O) groups excluding carboxylic acids is 1. The second-order valence-electron chi connectivity index (χ2n) is 5.66. The summed E-state index contributed by atoms with van der Waals surface area (Å²) in [6.07, 6.45) is 2.37. The number of amides is 1. The molecule has 1 unspecified atom stereocenters. The number of halogens is 2. The molecule has 0 aliphatic carbocycles. The van der Waals surface area contributed by atoms with Gasteiger partial charge in [0.2, 0.25) is 5.91 Å². The first-order valence-electron chi connectivity index (χ1n) is 7.18. The molecule has 1 saturated heterocycles. The molecule has 1 aliphatic rings. The van der Waals surface area contributed by atoms with Crippen LogP contribution in [0.3, 0.4) is 0 Å². The molecule has 1 amide bonds. The van der Waals surface area contributed by atoms with E-state index in [1.807, 2.05) is 12.1 Å². The van der Waals surface area contributed by atoms with Crippen molar-refractivity contribution in [3.8, 4) is 0 Å². The van der Waals surface area contributed by atoms with Crippen molar-refractivity contribution in [3.05, 3.63) is 33.8 Å². The van der Waals surface area contributed by atoms with Gasteiger partial charge in [-0.3, -0.25) is 4.79 Å². The van der Waals surface area contributed by atoms with Gasteiger partial charge in [0.25, 0.3) is 0 Å². The van der Waals surface area contributed by atoms with Gasteiger partial charge in [-0.05, 0) is 37.0 Å². The lowest BCUT2D eigenvalue weighted by Crippen LogP contribution is -2.37. The average Bonchev–Trinajstić information content (AvgIpc) is 2.82. The molecule has 7 heteroatoms. The molecule has 22 heavy (non-hydrogen) atoms. The highest BCUT2D eigenvalue weighted by molar-refractivity contribution is 7.91. The lowest BCUT2D eigenvalue weighted by atomic mass is 10.1. The summed E-state index contributed by atoms with van der Waals surface area (Å²) in [5.74, 6) is 0.253. The van der Waals surface area contributed by atoms with Crippen LogP contribution < -0.4 is 0 Å². The predicted molar refractivity (Wildman–Crippen MR) is 89.2 cm³/mol. The Kier molecular flexibility index (Phi) is 5.75. The van der Waals surface area contributed by atoms with Crippen LogP contribution in [0.15, 0.2) is 18.2 Å². The fourth-order valence-electron chi connectivity index (χ4n) is 2.60. The van der Waals surface area contributed by atoms with Gasteiger partial charge in [-0.2, -0.15) is 0 Å². The quantitative estimate of drug-likeness (QED) is 0.807. The predicted octanol–water partition coefficient (Wildman–Crippen LogP) is 2.96. The summed E-state index contributed by atoms with van der Waals surface area (Å²) in [5, 5.41) is 1.03. The molecule has 1 aromatic carbocycles. The minimum atomic E-state index is -2.97. The Balaban J connectivity index is 1.81. The highest BCUT2D eigenvalue weighted by Gasteiger charge is 2.32. The Bertz CT molecular complexity index is 661. The Hall–Kier alpha value is -0.780. The van der Waals surface area contributed by atoms with Gasteiger partial charge in [0.05, 0.1) is 21.6 Å². The summed E-state index contributed by atoms with van der Waals surface area (Å²) >= 11 is 11.8. The van der Waals surface area contributed by atoms with Gasteiger partial charge in [-0.25, -0.2) is 8.42 Å². The molecule has 1 atom stereocenters. The van der Waals surface area contributed by atoms with Gasteiger partial charge >= 0.3 is 0 Å². The number of aryl methyl sites for hydroxylation is 1. The zero-order valence-corrected chi connectivity index (χ0v) is 14.7. The number of sulfone groups is 1. The number of hydrogen-bond acceptors (Lipinski definition) is 3. The number of hydrogen-bond donors (Lipinski definition) is 0. The van der Waals surface area contributed by atoms with E-state index in [1.54, 1.807) is 18.0 Å². The van der Waals surface area contributed by atoms with Crippen molar-refractivity contribution < 1.29 is 13.2 Å². The van der Waals surface area contributed by atoms with Gasteiger partial charge in [0, 0.05) is 19.5 Å². The lowest BCUT2D eigenvalue weighted by molar-refractivity contribution is -0.131. The molecule has 1 fully saturated rings. The molecule has 0 spiro atoms. The molecule has 1 aromatic rings. The van der Waals surface area contributed by atoms with Crippen molar-refractivity contribution in [1.82, 2.24) is 4.90 Å². The first kappa shape index (κ1) is 17.6. The van der Waals surface area contributed by atoms with E-state index >= 15 is 0 Å². The number of benzene rings is 1. The van der Waals surface area contributed by atoms with Crippen molar-refractivity contribution in [2.24, 2.45) is 0 Å². The summed E-state index contributed by atoms with van der Waals surface area (Å²) in [6.45, 7) is 0.